The third-order valence-corrected chi connectivity index (χ3v) is 5.33. The van der Waals surface area contributed by atoms with Gasteiger partial charge in [-0.1, -0.05) is 34.9 Å². The predicted octanol–water partition coefficient (Wildman–Crippen LogP) is 2.46. The van der Waals surface area contributed by atoms with E-state index in [4.69, 9.17) is 4.42 Å². The van der Waals surface area contributed by atoms with Crippen LogP contribution in [0.15, 0.2) is 58.2 Å². The lowest BCUT2D eigenvalue weighted by Crippen LogP contribution is -2.25. The van der Waals surface area contributed by atoms with E-state index in [1.54, 1.807) is 12.1 Å². The van der Waals surface area contributed by atoms with E-state index in [1.807, 2.05) is 19.1 Å². The minimum Gasteiger partial charge on any atom is -0.412 e. The molecule has 7 nitrogen and oxygen atoms in total. The Labute approximate surface area is 161 Å². The summed E-state index contributed by atoms with van der Waals surface area (Å²) in [6.45, 7) is 2.14. The summed E-state index contributed by atoms with van der Waals surface area (Å²) in [7, 11) is -3.84. The first-order valence-corrected chi connectivity index (χ1v) is 10.1. The molecular formula is C19H18FN3O4S. The molecule has 0 saturated carbocycles. The summed E-state index contributed by atoms with van der Waals surface area (Å²) >= 11 is 0. The van der Waals surface area contributed by atoms with Gasteiger partial charge in [-0.2, -0.15) is 0 Å². The molecule has 0 atom stereocenters. The molecule has 0 radical (unpaired) electrons. The van der Waals surface area contributed by atoms with Crippen molar-refractivity contribution < 1.29 is 22.0 Å². The Hall–Kier alpha value is -3.07. The third-order valence-electron chi connectivity index (χ3n) is 3.92. The van der Waals surface area contributed by atoms with E-state index in [9.17, 15) is 17.6 Å². The van der Waals surface area contributed by atoms with Gasteiger partial charge in [0.2, 0.25) is 15.7 Å². The SMILES string of the molecule is Cc1ccc(C(=O)NCCc2nnc(S(=O)(=O)Cc3ccc(F)cc3)o2)cc1. The van der Waals surface area contributed by atoms with Crippen LogP contribution in [0.4, 0.5) is 4.39 Å². The van der Waals surface area contributed by atoms with Crippen molar-refractivity contribution in [3.8, 4) is 0 Å². The van der Waals surface area contributed by atoms with Crippen molar-refractivity contribution in [2.75, 3.05) is 6.54 Å². The zero-order valence-corrected chi connectivity index (χ0v) is 15.9. The molecule has 3 rings (SSSR count). The highest BCUT2D eigenvalue weighted by Gasteiger charge is 2.23. The topological polar surface area (TPSA) is 102 Å². The third kappa shape index (κ3) is 5.01. The number of halogens is 1. The van der Waals surface area contributed by atoms with Crippen LogP contribution in [0.25, 0.3) is 0 Å². The van der Waals surface area contributed by atoms with E-state index >= 15 is 0 Å². The summed E-state index contributed by atoms with van der Waals surface area (Å²) in [4.78, 5) is 12.0. The van der Waals surface area contributed by atoms with Gasteiger partial charge in [0.05, 0.1) is 5.75 Å². The molecule has 0 aliphatic rings. The van der Waals surface area contributed by atoms with Crippen molar-refractivity contribution in [1.82, 2.24) is 15.5 Å². The second-order valence-corrected chi connectivity index (χ2v) is 8.09. The molecule has 1 aromatic heterocycles. The number of benzene rings is 2. The van der Waals surface area contributed by atoms with Gasteiger partial charge in [-0.25, -0.2) is 12.8 Å². The van der Waals surface area contributed by atoms with Gasteiger partial charge >= 0.3 is 5.22 Å². The molecule has 1 amide bonds. The second kappa shape index (κ2) is 8.30. The molecule has 3 aromatic rings. The summed E-state index contributed by atoms with van der Waals surface area (Å²) < 4.78 is 42.8. The van der Waals surface area contributed by atoms with Crippen LogP contribution in [-0.2, 0) is 22.0 Å². The molecule has 0 saturated heterocycles. The Morgan fingerprint density at radius 1 is 1.07 bits per heavy atom. The average Bonchev–Trinajstić information content (AvgIpc) is 3.14. The van der Waals surface area contributed by atoms with Crippen LogP contribution < -0.4 is 5.32 Å². The van der Waals surface area contributed by atoms with Crippen molar-refractivity contribution in [3.63, 3.8) is 0 Å². The molecule has 0 aliphatic carbocycles. The fraction of sp³-hybridized carbons (Fsp3) is 0.211. The number of carbonyl (C=O) groups excluding carboxylic acids is 1. The highest BCUT2D eigenvalue weighted by atomic mass is 32.2. The van der Waals surface area contributed by atoms with E-state index in [2.05, 4.69) is 15.5 Å². The van der Waals surface area contributed by atoms with Crippen LogP contribution in [0.2, 0.25) is 0 Å². The molecule has 1 N–H and O–H groups in total. The maximum atomic E-state index is 12.9. The molecule has 0 aliphatic heterocycles. The lowest BCUT2D eigenvalue weighted by Gasteiger charge is -2.03. The molecule has 0 unspecified atom stereocenters. The Morgan fingerprint density at radius 2 is 1.75 bits per heavy atom. The molecule has 2 aromatic carbocycles. The standard InChI is InChI=1S/C19H18FN3O4S/c1-13-2-6-15(7-3-13)18(24)21-11-10-17-22-23-19(27-17)28(25,26)12-14-4-8-16(20)9-5-14/h2-9H,10-12H2,1H3,(H,21,24). The number of rotatable bonds is 7. The summed E-state index contributed by atoms with van der Waals surface area (Å²) in [5.74, 6) is -0.974. The van der Waals surface area contributed by atoms with Crippen LogP contribution in [0.3, 0.4) is 0 Å². The van der Waals surface area contributed by atoms with Gasteiger partial charge in [0.15, 0.2) is 0 Å². The van der Waals surface area contributed by atoms with Gasteiger partial charge in [0, 0.05) is 18.5 Å². The minimum atomic E-state index is -3.84. The quantitative estimate of drug-likeness (QED) is 0.650. The highest BCUT2D eigenvalue weighted by Crippen LogP contribution is 2.16. The minimum absolute atomic E-state index is 0.0990. The van der Waals surface area contributed by atoms with Gasteiger partial charge in [-0.3, -0.25) is 4.79 Å². The van der Waals surface area contributed by atoms with Crippen LogP contribution >= 0.6 is 0 Å². The Balaban J connectivity index is 1.56. The van der Waals surface area contributed by atoms with E-state index in [0.29, 0.717) is 11.1 Å². The Bertz CT molecular complexity index is 1060. The van der Waals surface area contributed by atoms with Gasteiger partial charge in [-0.05, 0) is 36.8 Å². The lowest BCUT2D eigenvalue weighted by molar-refractivity contribution is 0.0953. The van der Waals surface area contributed by atoms with Crippen LogP contribution in [0, 0.1) is 12.7 Å². The molecule has 1 heterocycles. The van der Waals surface area contributed by atoms with Gasteiger partial charge < -0.3 is 9.73 Å². The number of nitrogens with zero attached hydrogens (tertiary/aromatic N) is 2. The first-order valence-electron chi connectivity index (χ1n) is 8.48. The summed E-state index contributed by atoms with van der Waals surface area (Å²) in [5.41, 5.74) is 1.99. The predicted molar refractivity (Wildman–Crippen MR) is 98.8 cm³/mol. The van der Waals surface area contributed by atoms with Crippen molar-refractivity contribution >= 4 is 15.7 Å². The molecule has 0 spiro atoms. The molecule has 0 fully saturated rings. The van der Waals surface area contributed by atoms with Crippen molar-refractivity contribution in [3.05, 3.63) is 76.9 Å². The normalized spacial score (nSPS) is 11.4. The van der Waals surface area contributed by atoms with Gasteiger partial charge in [0.1, 0.15) is 5.82 Å². The lowest BCUT2D eigenvalue weighted by atomic mass is 10.1. The van der Waals surface area contributed by atoms with Crippen LogP contribution in [0.5, 0.6) is 0 Å². The number of amides is 1. The molecular weight excluding hydrogens is 385 g/mol. The maximum Gasteiger partial charge on any atom is 0.335 e. The maximum absolute atomic E-state index is 12.9. The first-order chi connectivity index (χ1) is 13.3. The largest absolute Gasteiger partial charge is 0.412 e. The summed E-state index contributed by atoms with van der Waals surface area (Å²) in [6, 6.07) is 12.2. The Kier molecular flexibility index (Phi) is 5.84. The summed E-state index contributed by atoms with van der Waals surface area (Å²) in [5, 5.41) is 9.49. The highest BCUT2D eigenvalue weighted by molar-refractivity contribution is 7.90. The number of carbonyl (C=O) groups is 1. The van der Waals surface area contributed by atoms with E-state index in [-0.39, 0.29) is 30.5 Å². The number of aromatic nitrogens is 2. The molecule has 0 bridgehead atoms. The van der Waals surface area contributed by atoms with Crippen LogP contribution in [-0.4, -0.2) is 31.1 Å². The fourth-order valence-corrected chi connectivity index (χ4v) is 3.56. The van der Waals surface area contributed by atoms with E-state index < -0.39 is 20.9 Å². The molecule has 28 heavy (non-hydrogen) atoms. The van der Waals surface area contributed by atoms with Gasteiger partial charge in [0.25, 0.3) is 5.91 Å². The van der Waals surface area contributed by atoms with Crippen molar-refractivity contribution in [2.24, 2.45) is 0 Å². The number of hydrogen-bond acceptors (Lipinski definition) is 6. The van der Waals surface area contributed by atoms with Crippen molar-refractivity contribution in [2.45, 2.75) is 24.3 Å². The molecule has 9 heteroatoms. The zero-order chi connectivity index (χ0) is 20.1. The van der Waals surface area contributed by atoms with Crippen LogP contribution in [0.1, 0.15) is 27.4 Å². The molecule has 146 valence electrons. The fourth-order valence-electron chi connectivity index (χ4n) is 2.42. The first kappa shape index (κ1) is 19.7. The monoisotopic (exact) mass is 403 g/mol. The van der Waals surface area contributed by atoms with Crippen molar-refractivity contribution in [1.29, 1.82) is 0 Å². The van der Waals surface area contributed by atoms with Gasteiger partial charge in [-0.15, -0.1) is 5.10 Å². The number of hydrogen-bond donors (Lipinski definition) is 1. The smallest absolute Gasteiger partial charge is 0.335 e. The van der Waals surface area contributed by atoms with E-state index in [1.165, 1.54) is 24.3 Å². The number of nitrogens with one attached hydrogen (secondary N) is 1. The van der Waals surface area contributed by atoms with E-state index in [0.717, 1.165) is 5.56 Å². The number of aryl methyl sites for hydroxylation is 1. The summed E-state index contributed by atoms with van der Waals surface area (Å²) in [6.07, 6.45) is 0.191. The number of sulfone groups is 1. The average molecular weight is 403 g/mol. The zero-order valence-electron chi connectivity index (χ0n) is 15.1. The Morgan fingerprint density at radius 3 is 2.43 bits per heavy atom. The second-order valence-electron chi connectivity index (χ2n) is 6.22.